The molecule has 4 heterocycles. The first-order valence-electron chi connectivity index (χ1n) is 7.95. The van der Waals surface area contributed by atoms with E-state index in [1.807, 2.05) is 16.6 Å². The molecule has 2 saturated heterocycles. The molecule has 0 atom stereocenters. The quantitative estimate of drug-likeness (QED) is 0.810. The lowest BCUT2D eigenvalue weighted by molar-refractivity contribution is 0.313. The summed E-state index contributed by atoms with van der Waals surface area (Å²) in [5.74, 6) is 2.00. The number of nitrogens with zero attached hydrogens (tertiary/aromatic N) is 6. The van der Waals surface area contributed by atoms with Gasteiger partial charge in [0.1, 0.15) is 5.82 Å². The zero-order valence-electron chi connectivity index (χ0n) is 13.1. The molecule has 0 radical (unpaired) electrons. The summed E-state index contributed by atoms with van der Waals surface area (Å²) < 4.78 is 26.6. The van der Waals surface area contributed by atoms with Crippen molar-refractivity contribution in [2.45, 2.75) is 25.2 Å². The van der Waals surface area contributed by atoms with E-state index in [2.05, 4.69) is 20.2 Å². The van der Waals surface area contributed by atoms with Crippen LogP contribution in [0.4, 0.5) is 5.82 Å². The first kappa shape index (κ1) is 14.8. The number of anilines is 1. The normalized spacial score (nSPS) is 20.8. The van der Waals surface area contributed by atoms with Crippen LogP contribution in [0.3, 0.4) is 0 Å². The lowest BCUT2D eigenvalue weighted by Crippen LogP contribution is -2.38. The van der Waals surface area contributed by atoms with Crippen LogP contribution >= 0.6 is 0 Å². The van der Waals surface area contributed by atoms with Crippen LogP contribution in [0.2, 0.25) is 0 Å². The van der Waals surface area contributed by atoms with E-state index in [4.69, 9.17) is 0 Å². The maximum absolute atomic E-state index is 11.6. The average Bonchev–Trinajstić information content (AvgIpc) is 2.88. The molecule has 124 valence electrons. The maximum atomic E-state index is 11.6. The van der Waals surface area contributed by atoms with E-state index >= 15 is 0 Å². The van der Waals surface area contributed by atoms with Gasteiger partial charge in [-0.2, -0.15) is 4.52 Å². The molecule has 8 nitrogen and oxygen atoms in total. The molecule has 2 aromatic heterocycles. The summed E-state index contributed by atoms with van der Waals surface area (Å²) >= 11 is 0. The van der Waals surface area contributed by atoms with Crippen LogP contribution in [0, 0.1) is 0 Å². The average molecular weight is 336 g/mol. The molecule has 4 rings (SSSR count). The topological polar surface area (TPSA) is 83.7 Å². The van der Waals surface area contributed by atoms with Gasteiger partial charge in [0.2, 0.25) is 10.0 Å². The molecule has 0 unspecified atom stereocenters. The molecule has 2 aromatic rings. The van der Waals surface area contributed by atoms with Crippen molar-refractivity contribution in [3.05, 3.63) is 18.0 Å². The molecule has 0 spiro atoms. The van der Waals surface area contributed by atoms with E-state index < -0.39 is 10.0 Å². The monoisotopic (exact) mass is 336 g/mol. The Balaban J connectivity index is 1.59. The van der Waals surface area contributed by atoms with E-state index in [1.165, 1.54) is 17.0 Å². The third-order valence-electron chi connectivity index (χ3n) is 4.74. The van der Waals surface area contributed by atoms with Crippen molar-refractivity contribution in [2.75, 3.05) is 37.3 Å². The Morgan fingerprint density at radius 3 is 2.43 bits per heavy atom. The van der Waals surface area contributed by atoms with Gasteiger partial charge < -0.3 is 4.90 Å². The molecule has 0 aromatic carbocycles. The zero-order chi connectivity index (χ0) is 16.0. The van der Waals surface area contributed by atoms with Gasteiger partial charge >= 0.3 is 0 Å². The Morgan fingerprint density at radius 1 is 1.09 bits per heavy atom. The summed E-state index contributed by atoms with van der Waals surface area (Å²) in [5.41, 5.74) is 0.745. The standard InChI is InChI=1S/C14H20N6O2S/c1-23(21,22)19-9-5-11(6-10-19)14-16-15-12-3-4-13(17-20(12)14)18-7-2-8-18/h3-4,11H,2,5-10H2,1H3. The lowest BCUT2D eigenvalue weighted by Gasteiger charge is -2.32. The third-order valence-corrected chi connectivity index (χ3v) is 6.04. The molecule has 2 aliphatic heterocycles. The Kier molecular flexibility index (Phi) is 3.49. The van der Waals surface area contributed by atoms with Crippen LogP contribution in [0.1, 0.15) is 31.0 Å². The van der Waals surface area contributed by atoms with Gasteiger partial charge in [0.15, 0.2) is 11.5 Å². The molecule has 23 heavy (non-hydrogen) atoms. The fraction of sp³-hybridized carbons (Fsp3) is 0.643. The Hall–Kier alpha value is -1.74. The second-order valence-electron chi connectivity index (χ2n) is 6.30. The van der Waals surface area contributed by atoms with Gasteiger partial charge in [-0.05, 0) is 31.4 Å². The highest BCUT2D eigenvalue weighted by Crippen LogP contribution is 2.28. The molecule has 0 bridgehead atoms. The van der Waals surface area contributed by atoms with E-state index in [9.17, 15) is 8.42 Å². The van der Waals surface area contributed by atoms with E-state index in [1.54, 1.807) is 0 Å². The lowest BCUT2D eigenvalue weighted by atomic mass is 9.97. The Bertz CT molecular complexity index is 821. The van der Waals surface area contributed by atoms with Crippen molar-refractivity contribution in [1.82, 2.24) is 24.1 Å². The van der Waals surface area contributed by atoms with Crippen molar-refractivity contribution in [3.63, 3.8) is 0 Å². The number of sulfonamides is 1. The number of aromatic nitrogens is 4. The van der Waals surface area contributed by atoms with E-state index in [-0.39, 0.29) is 5.92 Å². The third kappa shape index (κ3) is 2.67. The number of hydrogen-bond donors (Lipinski definition) is 0. The summed E-state index contributed by atoms with van der Waals surface area (Å²) in [5, 5.41) is 13.2. The van der Waals surface area contributed by atoms with Crippen LogP contribution in [-0.4, -0.2) is 65.0 Å². The minimum atomic E-state index is -3.11. The van der Waals surface area contributed by atoms with Gasteiger partial charge in [-0.25, -0.2) is 12.7 Å². The highest BCUT2D eigenvalue weighted by Gasteiger charge is 2.29. The molecular formula is C14H20N6O2S. The van der Waals surface area contributed by atoms with E-state index in [0.29, 0.717) is 13.1 Å². The largest absolute Gasteiger partial charge is 0.355 e. The summed E-state index contributed by atoms with van der Waals surface area (Å²) in [7, 11) is -3.11. The second-order valence-corrected chi connectivity index (χ2v) is 8.28. The van der Waals surface area contributed by atoms with Gasteiger partial charge in [0.25, 0.3) is 0 Å². The Labute approximate surface area is 135 Å². The molecular weight excluding hydrogens is 316 g/mol. The second kappa shape index (κ2) is 5.41. The minimum absolute atomic E-state index is 0.196. The van der Waals surface area contributed by atoms with Crippen molar-refractivity contribution in [3.8, 4) is 0 Å². The highest BCUT2D eigenvalue weighted by atomic mass is 32.2. The van der Waals surface area contributed by atoms with Gasteiger partial charge in [-0.1, -0.05) is 0 Å². The number of piperidine rings is 1. The maximum Gasteiger partial charge on any atom is 0.211 e. The number of rotatable bonds is 3. The van der Waals surface area contributed by atoms with Gasteiger partial charge in [-0.15, -0.1) is 15.3 Å². The predicted octanol–water partition coefficient (Wildman–Crippen LogP) is 0.473. The fourth-order valence-electron chi connectivity index (χ4n) is 3.21. The van der Waals surface area contributed by atoms with Crippen LogP contribution in [0.25, 0.3) is 5.65 Å². The van der Waals surface area contributed by atoms with Gasteiger partial charge in [0, 0.05) is 32.1 Å². The van der Waals surface area contributed by atoms with Crippen LogP contribution in [0.5, 0.6) is 0 Å². The smallest absolute Gasteiger partial charge is 0.211 e. The molecule has 2 aliphatic rings. The zero-order valence-corrected chi connectivity index (χ0v) is 13.9. The highest BCUT2D eigenvalue weighted by molar-refractivity contribution is 7.88. The molecule has 0 amide bonds. The molecule has 0 saturated carbocycles. The van der Waals surface area contributed by atoms with Crippen LogP contribution < -0.4 is 4.90 Å². The van der Waals surface area contributed by atoms with Crippen molar-refractivity contribution >= 4 is 21.5 Å². The van der Waals surface area contributed by atoms with E-state index in [0.717, 1.165) is 43.2 Å². The van der Waals surface area contributed by atoms with Gasteiger partial charge in [0.05, 0.1) is 6.26 Å². The molecule has 0 N–H and O–H groups in total. The summed E-state index contributed by atoms with van der Waals surface area (Å²) in [6, 6.07) is 3.93. The minimum Gasteiger partial charge on any atom is -0.355 e. The molecule has 2 fully saturated rings. The number of hydrogen-bond acceptors (Lipinski definition) is 6. The first-order chi connectivity index (χ1) is 11.0. The summed E-state index contributed by atoms with van der Waals surface area (Å²) in [6.45, 7) is 3.15. The van der Waals surface area contributed by atoms with Crippen molar-refractivity contribution in [2.24, 2.45) is 0 Å². The summed E-state index contributed by atoms with van der Waals surface area (Å²) in [4.78, 5) is 2.23. The predicted molar refractivity (Wildman–Crippen MR) is 86.0 cm³/mol. The van der Waals surface area contributed by atoms with Crippen molar-refractivity contribution in [1.29, 1.82) is 0 Å². The van der Waals surface area contributed by atoms with Gasteiger partial charge in [-0.3, -0.25) is 0 Å². The Morgan fingerprint density at radius 2 is 1.83 bits per heavy atom. The molecule has 9 heteroatoms. The van der Waals surface area contributed by atoms with Crippen LogP contribution in [-0.2, 0) is 10.0 Å². The summed E-state index contributed by atoms with van der Waals surface area (Å²) in [6.07, 6.45) is 3.98. The SMILES string of the molecule is CS(=O)(=O)N1CCC(c2nnc3ccc(N4CCC4)nn23)CC1. The molecule has 0 aliphatic carbocycles. The fourth-order valence-corrected chi connectivity index (χ4v) is 4.08. The van der Waals surface area contributed by atoms with Crippen molar-refractivity contribution < 1.29 is 8.42 Å². The van der Waals surface area contributed by atoms with Crippen LogP contribution in [0.15, 0.2) is 12.1 Å². The first-order valence-corrected chi connectivity index (χ1v) is 9.79. The number of fused-ring (bicyclic) bond motifs is 1.